The fourth-order valence-corrected chi connectivity index (χ4v) is 3.34. The van der Waals surface area contributed by atoms with Gasteiger partial charge in [-0.3, -0.25) is 14.2 Å². The number of benzene rings is 1. The van der Waals surface area contributed by atoms with Gasteiger partial charge in [0.05, 0.1) is 12.0 Å². The van der Waals surface area contributed by atoms with Crippen molar-refractivity contribution in [2.45, 2.75) is 19.4 Å². The summed E-state index contributed by atoms with van der Waals surface area (Å²) in [7, 11) is 0. The van der Waals surface area contributed by atoms with Gasteiger partial charge in [-0.25, -0.2) is 19.3 Å². The lowest BCUT2D eigenvalue weighted by Gasteiger charge is -2.16. The highest BCUT2D eigenvalue weighted by atomic mass is 19.1. The zero-order valence-corrected chi connectivity index (χ0v) is 16.3. The summed E-state index contributed by atoms with van der Waals surface area (Å²) >= 11 is 0. The minimum Gasteiger partial charge on any atom is -0.357 e. The van der Waals surface area contributed by atoms with E-state index in [4.69, 9.17) is 0 Å². The topological polar surface area (TPSA) is 93.0 Å². The van der Waals surface area contributed by atoms with Crippen molar-refractivity contribution in [3.05, 3.63) is 70.9 Å². The SMILES string of the molecule is O=C(NCCn1cnc(-c2ccc(F)cc2)cc1=O)c1cc(N2CCCC2)ncn1. The smallest absolute Gasteiger partial charge is 0.270 e. The van der Waals surface area contributed by atoms with Gasteiger partial charge in [-0.05, 0) is 37.1 Å². The summed E-state index contributed by atoms with van der Waals surface area (Å²) in [6, 6.07) is 8.86. The number of amides is 1. The molecule has 3 aromatic rings. The molecule has 1 aromatic carbocycles. The molecule has 8 nitrogen and oxygen atoms in total. The summed E-state index contributed by atoms with van der Waals surface area (Å²) in [6.45, 7) is 2.38. The number of nitrogens with zero attached hydrogens (tertiary/aromatic N) is 5. The molecule has 1 aliphatic heterocycles. The van der Waals surface area contributed by atoms with Crippen LogP contribution in [0.4, 0.5) is 10.2 Å². The number of aromatic nitrogens is 4. The van der Waals surface area contributed by atoms with Crippen molar-refractivity contribution in [3.8, 4) is 11.3 Å². The molecule has 1 N–H and O–H groups in total. The van der Waals surface area contributed by atoms with Gasteiger partial charge in [-0.2, -0.15) is 0 Å². The lowest BCUT2D eigenvalue weighted by atomic mass is 10.1. The molecule has 1 aliphatic rings. The summed E-state index contributed by atoms with van der Waals surface area (Å²) in [6.07, 6.45) is 5.05. The minimum atomic E-state index is -0.348. The van der Waals surface area contributed by atoms with Crippen molar-refractivity contribution in [2.75, 3.05) is 24.5 Å². The van der Waals surface area contributed by atoms with E-state index in [1.54, 1.807) is 18.2 Å². The number of carbonyl (C=O) groups excluding carboxylic acids is 1. The summed E-state index contributed by atoms with van der Waals surface area (Å²) in [4.78, 5) is 39.4. The predicted molar refractivity (Wildman–Crippen MR) is 110 cm³/mol. The first kappa shape index (κ1) is 19.7. The van der Waals surface area contributed by atoms with Crippen LogP contribution in [0, 0.1) is 5.82 Å². The van der Waals surface area contributed by atoms with Gasteiger partial charge < -0.3 is 10.2 Å². The molecule has 3 heterocycles. The molecule has 2 aromatic heterocycles. The standard InChI is InChI=1S/C21H21FN6O2/c22-16-5-3-15(4-6-16)17-12-20(29)28(14-26-17)10-7-23-21(30)18-11-19(25-13-24-18)27-8-1-2-9-27/h3-6,11-14H,1-2,7-10H2,(H,23,30). The second-order valence-electron chi connectivity index (χ2n) is 7.02. The highest BCUT2D eigenvalue weighted by Gasteiger charge is 2.16. The van der Waals surface area contributed by atoms with Gasteiger partial charge in [0.1, 0.15) is 23.7 Å². The fourth-order valence-electron chi connectivity index (χ4n) is 3.34. The Labute approximate surface area is 172 Å². The second-order valence-corrected chi connectivity index (χ2v) is 7.02. The molecular weight excluding hydrogens is 387 g/mol. The van der Waals surface area contributed by atoms with Crippen molar-refractivity contribution in [1.82, 2.24) is 24.8 Å². The second kappa shape index (κ2) is 8.81. The van der Waals surface area contributed by atoms with Crippen molar-refractivity contribution in [2.24, 2.45) is 0 Å². The summed E-state index contributed by atoms with van der Waals surface area (Å²) in [5.74, 6) is 0.0883. The molecule has 9 heteroatoms. The van der Waals surface area contributed by atoms with Crippen molar-refractivity contribution in [1.29, 1.82) is 0 Å². The Kier molecular flexibility index (Phi) is 5.78. The monoisotopic (exact) mass is 408 g/mol. The Balaban J connectivity index is 1.36. The summed E-state index contributed by atoms with van der Waals surface area (Å²) in [5, 5.41) is 2.77. The number of rotatable bonds is 6. The van der Waals surface area contributed by atoms with Gasteiger partial charge in [0.2, 0.25) is 0 Å². The maximum Gasteiger partial charge on any atom is 0.270 e. The quantitative estimate of drug-likeness (QED) is 0.669. The summed E-state index contributed by atoms with van der Waals surface area (Å²) < 4.78 is 14.4. The first-order valence-corrected chi connectivity index (χ1v) is 9.78. The van der Waals surface area contributed by atoms with E-state index in [1.807, 2.05) is 0 Å². The Morgan fingerprint density at radius 1 is 1.07 bits per heavy atom. The largest absolute Gasteiger partial charge is 0.357 e. The van der Waals surface area contributed by atoms with Gasteiger partial charge in [0, 0.05) is 43.9 Å². The van der Waals surface area contributed by atoms with E-state index < -0.39 is 0 Å². The Morgan fingerprint density at radius 2 is 1.83 bits per heavy atom. The number of hydrogen-bond acceptors (Lipinski definition) is 6. The molecule has 30 heavy (non-hydrogen) atoms. The molecule has 0 bridgehead atoms. The van der Waals surface area contributed by atoms with Crippen LogP contribution in [-0.2, 0) is 6.54 Å². The van der Waals surface area contributed by atoms with Crippen LogP contribution in [0.3, 0.4) is 0 Å². The lowest BCUT2D eigenvalue weighted by molar-refractivity contribution is 0.0947. The van der Waals surface area contributed by atoms with Crippen LogP contribution in [0.15, 0.2) is 53.8 Å². The molecule has 0 saturated carbocycles. The number of nitrogens with one attached hydrogen (secondary N) is 1. The molecule has 0 aliphatic carbocycles. The maximum absolute atomic E-state index is 13.0. The first-order valence-electron chi connectivity index (χ1n) is 9.78. The van der Waals surface area contributed by atoms with E-state index in [0.29, 0.717) is 17.0 Å². The molecule has 0 unspecified atom stereocenters. The van der Waals surface area contributed by atoms with Gasteiger partial charge in [-0.1, -0.05) is 0 Å². The molecular formula is C21H21FN6O2. The zero-order valence-electron chi connectivity index (χ0n) is 16.3. The molecule has 154 valence electrons. The van der Waals surface area contributed by atoms with Crippen LogP contribution >= 0.6 is 0 Å². The van der Waals surface area contributed by atoms with Gasteiger partial charge in [-0.15, -0.1) is 0 Å². The van der Waals surface area contributed by atoms with E-state index in [1.165, 1.54) is 35.4 Å². The molecule has 0 radical (unpaired) electrons. The van der Waals surface area contributed by atoms with E-state index in [0.717, 1.165) is 31.7 Å². The summed E-state index contributed by atoms with van der Waals surface area (Å²) in [5.41, 5.74) is 1.17. The van der Waals surface area contributed by atoms with Crippen molar-refractivity contribution < 1.29 is 9.18 Å². The average Bonchev–Trinajstić information content (AvgIpc) is 3.30. The van der Waals surface area contributed by atoms with Crippen LogP contribution in [0.1, 0.15) is 23.3 Å². The van der Waals surface area contributed by atoms with E-state index in [9.17, 15) is 14.0 Å². The maximum atomic E-state index is 13.0. The molecule has 1 fully saturated rings. The Bertz CT molecular complexity index is 1090. The average molecular weight is 408 g/mol. The van der Waals surface area contributed by atoms with Crippen LogP contribution < -0.4 is 15.8 Å². The van der Waals surface area contributed by atoms with Crippen molar-refractivity contribution >= 4 is 11.7 Å². The third-order valence-corrected chi connectivity index (χ3v) is 4.97. The molecule has 4 rings (SSSR count). The normalized spacial score (nSPS) is 13.4. The van der Waals surface area contributed by atoms with Gasteiger partial charge in [0.15, 0.2) is 0 Å². The van der Waals surface area contributed by atoms with Crippen LogP contribution in [0.2, 0.25) is 0 Å². The lowest BCUT2D eigenvalue weighted by Crippen LogP contribution is -2.31. The van der Waals surface area contributed by atoms with Crippen LogP contribution in [0.5, 0.6) is 0 Å². The minimum absolute atomic E-state index is 0.249. The van der Waals surface area contributed by atoms with Gasteiger partial charge >= 0.3 is 0 Å². The third-order valence-electron chi connectivity index (χ3n) is 4.97. The molecule has 1 saturated heterocycles. The third kappa shape index (κ3) is 4.51. The van der Waals surface area contributed by atoms with Crippen LogP contribution in [-0.4, -0.2) is 45.1 Å². The number of halogens is 1. The van der Waals surface area contributed by atoms with E-state index >= 15 is 0 Å². The first-order chi connectivity index (χ1) is 14.6. The van der Waals surface area contributed by atoms with E-state index in [2.05, 4.69) is 25.2 Å². The molecule has 0 atom stereocenters. The van der Waals surface area contributed by atoms with Crippen LogP contribution in [0.25, 0.3) is 11.3 Å². The number of hydrogen-bond donors (Lipinski definition) is 1. The zero-order chi connectivity index (χ0) is 20.9. The molecule has 0 spiro atoms. The number of carbonyl (C=O) groups is 1. The fraction of sp³-hybridized carbons (Fsp3) is 0.286. The van der Waals surface area contributed by atoms with Gasteiger partial charge in [0.25, 0.3) is 11.5 Å². The predicted octanol–water partition coefficient (Wildman–Crippen LogP) is 1.87. The highest BCUT2D eigenvalue weighted by Crippen LogP contribution is 2.17. The van der Waals surface area contributed by atoms with Crippen molar-refractivity contribution in [3.63, 3.8) is 0 Å². The molecule has 1 amide bonds. The van der Waals surface area contributed by atoms with E-state index in [-0.39, 0.29) is 30.4 Å². The Morgan fingerprint density at radius 3 is 2.57 bits per heavy atom. The number of anilines is 1. The Hall–Kier alpha value is -3.62. The highest BCUT2D eigenvalue weighted by molar-refractivity contribution is 5.92.